The third-order valence-electron chi connectivity index (χ3n) is 3.72. The molecule has 2 unspecified atom stereocenters. The van der Waals surface area contributed by atoms with Crippen LogP contribution >= 0.6 is 11.3 Å². The van der Waals surface area contributed by atoms with Gasteiger partial charge in [0.25, 0.3) is 0 Å². The lowest BCUT2D eigenvalue weighted by molar-refractivity contribution is 0.195. The Bertz CT molecular complexity index is 295. The lowest BCUT2D eigenvalue weighted by Gasteiger charge is -2.26. The SMILES string of the molecule is c1csc(CN2C3CCNCC2CC3)c1. The molecule has 2 nitrogen and oxygen atoms in total. The number of fused-ring (bicyclic) bond motifs is 2. The van der Waals surface area contributed by atoms with Crippen molar-refractivity contribution in [3.05, 3.63) is 22.4 Å². The van der Waals surface area contributed by atoms with Crippen LogP contribution in [0.4, 0.5) is 0 Å². The number of hydrogen-bond donors (Lipinski definition) is 1. The average molecular weight is 222 g/mol. The summed E-state index contributed by atoms with van der Waals surface area (Å²) in [5.41, 5.74) is 0. The van der Waals surface area contributed by atoms with Crippen LogP contribution in [0.5, 0.6) is 0 Å². The Morgan fingerprint density at radius 3 is 3.13 bits per heavy atom. The number of hydrogen-bond acceptors (Lipinski definition) is 3. The van der Waals surface area contributed by atoms with Crippen molar-refractivity contribution < 1.29 is 0 Å². The second-order valence-electron chi connectivity index (χ2n) is 4.63. The molecule has 15 heavy (non-hydrogen) atoms. The highest BCUT2D eigenvalue weighted by Crippen LogP contribution is 2.30. The van der Waals surface area contributed by atoms with Crippen molar-refractivity contribution >= 4 is 11.3 Å². The van der Waals surface area contributed by atoms with Crippen LogP contribution < -0.4 is 5.32 Å². The van der Waals surface area contributed by atoms with Gasteiger partial charge >= 0.3 is 0 Å². The summed E-state index contributed by atoms with van der Waals surface area (Å²) in [6.07, 6.45) is 4.14. The highest BCUT2D eigenvalue weighted by Gasteiger charge is 2.34. The second-order valence-corrected chi connectivity index (χ2v) is 5.66. The Hall–Kier alpha value is -0.380. The fraction of sp³-hybridized carbons (Fsp3) is 0.667. The largest absolute Gasteiger partial charge is 0.315 e. The number of rotatable bonds is 2. The molecule has 3 heteroatoms. The zero-order chi connectivity index (χ0) is 10.1. The predicted octanol–water partition coefficient (Wildman–Crippen LogP) is 2.07. The van der Waals surface area contributed by atoms with E-state index < -0.39 is 0 Å². The Balaban J connectivity index is 1.74. The first-order valence-corrected chi connectivity index (χ1v) is 6.80. The van der Waals surface area contributed by atoms with Gasteiger partial charge in [-0.2, -0.15) is 0 Å². The summed E-state index contributed by atoms with van der Waals surface area (Å²) < 4.78 is 0. The maximum absolute atomic E-state index is 3.55. The van der Waals surface area contributed by atoms with E-state index in [1.165, 1.54) is 43.8 Å². The average Bonchev–Trinajstić information content (AvgIpc) is 2.76. The van der Waals surface area contributed by atoms with E-state index in [9.17, 15) is 0 Å². The van der Waals surface area contributed by atoms with Gasteiger partial charge in [0.15, 0.2) is 0 Å². The Kier molecular flexibility index (Phi) is 2.77. The van der Waals surface area contributed by atoms with Crippen LogP contribution in [0.3, 0.4) is 0 Å². The third-order valence-corrected chi connectivity index (χ3v) is 4.59. The molecule has 2 aliphatic heterocycles. The van der Waals surface area contributed by atoms with Gasteiger partial charge in [0.05, 0.1) is 0 Å². The van der Waals surface area contributed by atoms with Crippen molar-refractivity contribution in [1.29, 1.82) is 0 Å². The fourth-order valence-corrected chi connectivity index (χ4v) is 3.63. The van der Waals surface area contributed by atoms with E-state index in [2.05, 4.69) is 27.7 Å². The van der Waals surface area contributed by atoms with Crippen LogP contribution in [0.1, 0.15) is 24.1 Å². The van der Waals surface area contributed by atoms with Crippen molar-refractivity contribution in [2.75, 3.05) is 13.1 Å². The molecule has 1 aromatic heterocycles. The minimum Gasteiger partial charge on any atom is -0.315 e. The topological polar surface area (TPSA) is 15.3 Å². The van der Waals surface area contributed by atoms with Gasteiger partial charge in [-0.05, 0) is 37.3 Å². The summed E-state index contributed by atoms with van der Waals surface area (Å²) in [6.45, 7) is 3.58. The Labute approximate surface area is 95.3 Å². The van der Waals surface area contributed by atoms with Crippen LogP contribution in [-0.4, -0.2) is 30.1 Å². The van der Waals surface area contributed by atoms with E-state index in [1.807, 2.05) is 11.3 Å². The van der Waals surface area contributed by atoms with Gasteiger partial charge in [-0.25, -0.2) is 0 Å². The third kappa shape index (κ3) is 1.96. The molecule has 0 aliphatic carbocycles. The number of nitrogens with one attached hydrogen (secondary N) is 1. The molecule has 0 radical (unpaired) electrons. The zero-order valence-electron chi connectivity index (χ0n) is 8.98. The highest BCUT2D eigenvalue weighted by atomic mass is 32.1. The summed E-state index contributed by atoms with van der Waals surface area (Å²) >= 11 is 1.89. The van der Waals surface area contributed by atoms with Gasteiger partial charge in [-0.1, -0.05) is 6.07 Å². The van der Waals surface area contributed by atoms with Gasteiger partial charge in [0.2, 0.25) is 0 Å². The van der Waals surface area contributed by atoms with Crippen LogP contribution in [0.25, 0.3) is 0 Å². The molecule has 2 atom stereocenters. The smallest absolute Gasteiger partial charge is 0.0334 e. The summed E-state index contributed by atoms with van der Waals surface area (Å²) in [6, 6.07) is 6.06. The molecule has 3 rings (SSSR count). The van der Waals surface area contributed by atoms with Gasteiger partial charge in [0.1, 0.15) is 0 Å². The highest BCUT2D eigenvalue weighted by molar-refractivity contribution is 7.09. The van der Waals surface area contributed by atoms with Gasteiger partial charge in [-0.3, -0.25) is 4.90 Å². The molecule has 0 spiro atoms. The maximum atomic E-state index is 3.55. The van der Waals surface area contributed by atoms with Crippen LogP contribution in [0.2, 0.25) is 0 Å². The first-order valence-electron chi connectivity index (χ1n) is 5.92. The molecule has 1 N–H and O–H groups in total. The molecular weight excluding hydrogens is 204 g/mol. The Morgan fingerprint density at radius 2 is 2.27 bits per heavy atom. The summed E-state index contributed by atoms with van der Waals surface area (Å²) in [4.78, 5) is 4.25. The van der Waals surface area contributed by atoms with Crippen molar-refractivity contribution in [3.8, 4) is 0 Å². The molecule has 1 aromatic rings. The predicted molar refractivity (Wildman–Crippen MR) is 64.2 cm³/mol. The van der Waals surface area contributed by atoms with Crippen LogP contribution in [0, 0.1) is 0 Å². The first-order chi connectivity index (χ1) is 7.43. The van der Waals surface area contributed by atoms with Crippen molar-refractivity contribution in [2.45, 2.75) is 37.9 Å². The lowest BCUT2D eigenvalue weighted by Crippen LogP contribution is -2.37. The lowest BCUT2D eigenvalue weighted by atomic mass is 10.1. The van der Waals surface area contributed by atoms with Crippen molar-refractivity contribution in [3.63, 3.8) is 0 Å². The second kappa shape index (κ2) is 4.24. The Morgan fingerprint density at radius 1 is 1.33 bits per heavy atom. The van der Waals surface area contributed by atoms with E-state index in [-0.39, 0.29) is 0 Å². The van der Waals surface area contributed by atoms with Gasteiger partial charge in [-0.15, -0.1) is 11.3 Å². The quantitative estimate of drug-likeness (QED) is 0.824. The minimum atomic E-state index is 0.791. The monoisotopic (exact) mass is 222 g/mol. The van der Waals surface area contributed by atoms with Crippen molar-refractivity contribution in [1.82, 2.24) is 10.2 Å². The van der Waals surface area contributed by atoms with E-state index in [0.717, 1.165) is 12.1 Å². The molecule has 82 valence electrons. The summed E-state index contributed by atoms with van der Waals surface area (Å²) in [5, 5.41) is 5.74. The molecule has 0 saturated carbocycles. The normalized spacial score (nSPS) is 31.7. The van der Waals surface area contributed by atoms with E-state index in [0.29, 0.717) is 0 Å². The molecule has 0 amide bonds. The standard InChI is InChI=1S/C12H18N2S/c1-2-12(15-7-1)9-14-10-3-4-11(14)8-13-6-5-10/h1-2,7,10-11,13H,3-6,8-9H2. The van der Waals surface area contributed by atoms with Crippen LogP contribution in [0.15, 0.2) is 17.5 Å². The van der Waals surface area contributed by atoms with Gasteiger partial charge in [0, 0.05) is 30.1 Å². The van der Waals surface area contributed by atoms with E-state index in [1.54, 1.807) is 0 Å². The molecule has 0 aromatic carbocycles. The number of thiophene rings is 1. The molecule has 2 fully saturated rings. The first kappa shape index (κ1) is 9.82. The van der Waals surface area contributed by atoms with E-state index >= 15 is 0 Å². The molecule has 2 aliphatic rings. The van der Waals surface area contributed by atoms with Gasteiger partial charge < -0.3 is 5.32 Å². The zero-order valence-corrected chi connectivity index (χ0v) is 9.80. The molecule has 2 bridgehead atoms. The van der Waals surface area contributed by atoms with Crippen LogP contribution in [-0.2, 0) is 6.54 Å². The molecule has 2 saturated heterocycles. The molecular formula is C12H18N2S. The maximum Gasteiger partial charge on any atom is 0.0334 e. The number of nitrogens with zero attached hydrogens (tertiary/aromatic N) is 1. The van der Waals surface area contributed by atoms with Crippen molar-refractivity contribution in [2.24, 2.45) is 0 Å². The minimum absolute atomic E-state index is 0.791. The summed E-state index contributed by atoms with van der Waals surface area (Å²) in [5.74, 6) is 0. The van der Waals surface area contributed by atoms with E-state index in [4.69, 9.17) is 0 Å². The molecule has 3 heterocycles. The summed E-state index contributed by atoms with van der Waals surface area (Å²) in [7, 11) is 0. The fourth-order valence-electron chi connectivity index (χ4n) is 2.92.